The van der Waals surface area contributed by atoms with Gasteiger partial charge in [-0.05, 0) is 23.1 Å². The van der Waals surface area contributed by atoms with Crippen molar-refractivity contribution in [3.8, 4) is 0 Å². The molecular formula is C13H14O3. The van der Waals surface area contributed by atoms with Crippen molar-refractivity contribution in [2.75, 3.05) is 0 Å². The largest absolute Gasteiger partial charge is 0.456 e. The summed E-state index contributed by atoms with van der Waals surface area (Å²) < 4.78 is 11.1. The van der Waals surface area contributed by atoms with Gasteiger partial charge in [0.05, 0.1) is 13.0 Å². The first kappa shape index (κ1) is 9.73. The number of rotatable bonds is 1. The predicted octanol–water partition coefficient (Wildman–Crippen LogP) is 1.88. The molecule has 0 fully saturated rings. The van der Waals surface area contributed by atoms with E-state index in [1.165, 1.54) is 11.1 Å². The third kappa shape index (κ3) is 1.48. The van der Waals surface area contributed by atoms with Gasteiger partial charge in [0, 0.05) is 6.42 Å². The molecule has 2 aliphatic rings. The highest BCUT2D eigenvalue weighted by molar-refractivity contribution is 5.35. The molecule has 3 heteroatoms. The number of hydrogen-bond donors (Lipinski definition) is 1. The van der Waals surface area contributed by atoms with E-state index in [1.54, 1.807) is 12.5 Å². The Morgan fingerprint density at radius 1 is 1.19 bits per heavy atom. The van der Waals surface area contributed by atoms with Gasteiger partial charge in [-0.1, -0.05) is 18.2 Å². The molecule has 1 aromatic rings. The van der Waals surface area contributed by atoms with Crippen LogP contribution in [0.25, 0.3) is 0 Å². The van der Waals surface area contributed by atoms with Crippen LogP contribution in [-0.4, -0.2) is 10.9 Å². The van der Waals surface area contributed by atoms with E-state index >= 15 is 0 Å². The Labute approximate surface area is 94.3 Å². The van der Waals surface area contributed by atoms with E-state index in [9.17, 15) is 0 Å². The second-order valence-corrected chi connectivity index (χ2v) is 4.36. The predicted molar refractivity (Wildman–Crippen MR) is 58.4 cm³/mol. The lowest BCUT2D eigenvalue weighted by Gasteiger charge is -2.32. The summed E-state index contributed by atoms with van der Waals surface area (Å²) in [5, 5.41) is 9.12. The van der Waals surface area contributed by atoms with Crippen molar-refractivity contribution in [2.45, 2.75) is 31.7 Å². The highest BCUT2D eigenvalue weighted by atomic mass is 16.7. The molecule has 84 valence electrons. The number of aliphatic hydroxyl groups excluding tert-OH is 1. The van der Waals surface area contributed by atoms with Crippen LogP contribution in [0.5, 0.6) is 0 Å². The zero-order valence-electron chi connectivity index (χ0n) is 8.98. The molecule has 0 atom stereocenters. The minimum atomic E-state index is -0.485. The minimum absolute atomic E-state index is 0.0836. The summed E-state index contributed by atoms with van der Waals surface area (Å²) in [7, 11) is 0. The molecule has 3 rings (SSSR count). The first-order valence-corrected chi connectivity index (χ1v) is 5.54. The Balaban J connectivity index is 1.92. The van der Waals surface area contributed by atoms with Crippen LogP contribution >= 0.6 is 0 Å². The van der Waals surface area contributed by atoms with Crippen molar-refractivity contribution >= 4 is 0 Å². The molecular weight excluding hydrogens is 204 g/mol. The molecule has 0 radical (unpaired) electrons. The molecule has 1 N–H and O–H groups in total. The van der Waals surface area contributed by atoms with Gasteiger partial charge in [0.15, 0.2) is 0 Å². The number of aliphatic hydroxyl groups is 1. The summed E-state index contributed by atoms with van der Waals surface area (Å²) in [6.45, 7) is 0.0836. The van der Waals surface area contributed by atoms with E-state index in [4.69, 9.17) is 14.6 Å². The van der Waals surface area contributed by atoms with Crippen molar-refractivity contribution in [1.29, 1.82) is 0 Å². The molecule has 1 heterocycles. The van der Waals surface area contributed by atoms with Crippen LogP contribution in [0.3, 0.4) is 0 Å². The average molecular weight is 218 g/mol. The lowest BCUT2D eigenvalue weighted by molar-refractivity contribution is -0.148. The maximum absolute atomic E-state index is 9.12. The Morgan fingerprint density at radius 3 is 2.75 bits per heavy atom. The molecule has 0 saturated heterocycles. The molecule has 0 aromatic heterocycles. The second kappa shape index (κ2) is 3.52. The minimum Gasteiger partial charge on any atom is -0.456 e. The highest BCUT2D eigenvalue weighted by Crippen LogP contribution is 2.35. The maximum atomic E-state index is 9.12. The smallest absolute Gasteiger partial charge is 0.254 e. The number of hydrogen-bond acceptors (Lipinski definition) is 3. The van der Waals surface area contributed by atoms with Crippen molar-refractivity contribution < 1.29 is 14.6 Å². The van der Waals surface area contributed by atoms with Crippen molar-refractivity contribution in [1.82, 2.24) is 0 Å². The monoisotopic (exact) mass is 218 g/mol. The number of ether oxygens (including phenoxy) is 2. The first-order valence-electron chi connectivity index (χ1n) is 5.54. The van der Waals surface area contributed by atoms with E-state index in [1.807, 2.05) is 12.1 Å². The van der Waals surface area contributed by atoms with Gasteiger partial charge in [0.2, 0.25) is 0 Å². The van der Waals surface area contributed by atoms with Gasteiger partial charge in [-0.15, -0.1) is 0 Å². The molecule has 1 spiro atoms. The van der Waals surface area contributed by atoms with Crippen LogP contribution in [0.4, 0.5) is 0 Å². The van der Waals surface area contributed by atoms with Gasteiger partial charge < -0.3 is 14.6 Å². The van der Waals surface area contributed by atoms with Crippen LogP contribution in [-0.2, 0) is 28.9 Å². The SMILES string of the molecule is OCc1ccc2c(c1)CC1(CC2)OC=CO1. The fourth-order valence-corrected chi connectivity index (χ4v) is 2.42. The van der Waals surface area contributed by atoms with Crippen molar-refractivity contribution in [3.05, 3.63) is 47.4 Å². The zero-order chi connectivity index (χ0) is 11.0. The molecule has 3 nitrogen and oxygen atoms in total. The van der Waals surface area contributed by atoms with Gasteiger partial charge in [-0.2, -0.15) is 0 Å². The fourth-order valence-electron chi connectivity index (χ4n) is 2.42. The van der Waals surface area contributed by atoms with E-state index in [-0.39, 0.29) is 6.61 Å². The van der Waals surface area contributed by atoms with Gasteiger partial charge in [0.25, 0.3) is 5.79 Å². The number of benzene rings is 1. The molecule has 1 aromatic carbocycles. The fraction of sp³-hybridized carbons (Fsp3) is 0.385. The van der Waals surface area contributed by atoms with Crippen molar-refractivity contribution in [3.63, 3.8) is 0 Å². The molecule has 1 aliphatic heterocycles. The average Bonchev–Trinajstić information content (AvgIpc) is 2.76. The van der Waals surface area contributed by atoms with E-state index in [0.717, 1.165) is 24.8 Å². The lowest BCUT2D eigenvalue weighted by atomic mass is 9.86. The third-order valence-electron chi connectivity index (χ3n) is 3.31. The molecule has 0 bridgehead atoms. The maximum Gasteiger partial charge on any atom is 0.254 e. The summed E-state index contributed by atoms with van der Waals surface area (Å²) in [4.78, 5) is 0. The first-order chi connectivity index (χ1) is 7.81. The van der Waals surface area contributed by atoms with Crippen molar-refractivity contribution in [2.24, 2.45) is 0 Å². The van der Waals surface area contributed by atoms with Gasteiger partial charge >= 0.3 is 0 Å². The molecule has 1 aliphatic carbocycles. The summed E-state index contributed by atoms with van der Waals surface area (Å²) in [6, 6.07) is 6.11. The van der Waals surface area contributed by atoms with E-state index in [0.29, 0.717) is 0 Å². The lowest BCUT2D eigenvalue weighted by Crippen LogP contribution is -2.36. The van der Waals surface area contributed by atoms with Gasteiger partial charge in [0.1, 0.15) is 12.5 Å². The second-order valence-electron chi connectivity index (χ2n) is 4.36. The van der Waals surface area contributed by atoms with E-state index < -0.39 is 5.79 Å². The third-order valence-corrected chi connectivity index (χ3v) is 3.31. The van der Waals surface area contributed by atoms with Crippen LogP contribution in [0.15, 0.2) is 30.7 Å². The summed E-state index contributed by atoms with van der Waals surface area (Å²) >= 11 is 0. The topological polar surface area (TPSA) is 38.7 Å². The molecule has 0 unspecified atom stereocenters. The Kier molecular flexibility index (Phi) is 2.14. The number of fused-ring (bicyclic) bond motifs is 1. The standard InChI is InChI=1S/C13H14O3/c14-9-10-1-2-11-3-4-13(8-12(11)7-10)15-5-6-16-13/h1-2,5-7,14H,3-4,8-9H2. The quantitative estimate of drug-likeness (QED) is 0.782. The Bertz CT molecular complexity index is 429. The molecule has 0 amide bonds. The molecule has 0 saturated carbocycles. The normalized spacial score (nSPS) is 20.3. The van der Waals surface area contributed by atoms with Gasteiger partial charge in [-0.25, -0.2) is 0 Å². The Hall–Kier alpha value is -1.48. The Morgan fingerprint density at radius 2 is 2.00 bits per heavy atom. The number of aryl methyl sites for hydroxylation is 1. The van der Waals surface area contributed by atoms with Crippen LogP contribution in [0, 0.1) is 0 Å². The highest BCUT2D eigenvalue weighted by Gasteiger charge is 2.39. The molecule has 16 heavy (non-hydrogen) atoms. The zero-order valence-corrected chi connectivity index (χ0v) is 8.98. The van der Waals surface area contributed by atoms with E-state index in [2.05, 4.69) is 6.07 Å². The summed E-state index contributed by atoms with van der Waals surface area (Å²) in [5.41, 5.74) is 3.50. The summed E-state index contributed by atoms with van der Waals surface area (Å²) in [5.74, 6) is -0.485. The van der Waals surface area contributed by atoms with Crippen LogP contribution in [0.2, 0.25) is 0 Å². The van der Waals surface area contributed by atoms with Crippen LogP contribution < -0.4 is 0 Å². The van der Waals surface area contributed by atoms with Gasteiger partial charge in [-0.3, -0.25) is 0 Å². The van der Waals surface area contributed by atoms with Crippen LogP contribution in [0.1, 0.15) is 23.1 Å². The summed E-state index contributed by atoms with van der Waals surface area (Å²) in [6.07, 6.45) is 5.82.